The number of carbonyl (C=O) groups excluding carboxylic acids is 1. The van der Waals surface area contributed by atoms with Crippen LogP contribution in [0.25, 0.3) is 0 Å². The van der Waals surface area contributed by atoms with E-state index in [0.29, 0.717) is 18.0 Å². The third-order valence-electron chi connectivity index (χ3n) is 3.90. The van der Waals surface area contributed by atoms with Crippen LogP contribution in [0.5, 0.6) is 0 Å². The van der Waals surface area contributed by atoms with Crippen molar-refractivity contribution < 1.29 is 9.90 Å². The third-order valence-corrected chi connectivity index (χ3v) is 3.90. The Morgan fingerprint density at radius 2 is 2.00 bits per heavy atom. The fraction of sp³-hybridized carbons (Fsp3) is 0.533. The first-order valence-corrected chi connectivity index (χ1v) is 6.96. The number of hydrogen-bond donors (Lipinski definition) is 3. The van der Waals surface area contributed by atoms with Crippen LogP contribution in [0.15, 0.2) is 30.3 Å². The second kappa shape index (κ2) is 6.68. The first kappa shape index (κ1) is 14.0. The van der Waals surface area contributed by atoms with Crippen molar-refractivity contribution in [2.75, 3.05) is 6.54 Å². The second-order valence-corrected chi connectivity index (χ2v) is 5.21. The number of nitrogens with one attached hydrogen (secondary N) is 1. The lowest BCUT2D eigenvalue weighted by atomic mass is 9.84. The summed E-state index contributed by atoms with van der Waals surface area (Å²) in [5.41, 5.74) is 6.37. The summed E-state index contributed by atoms with van der Waals surface area (Å²) < 4.78 is 0. The zero-order chi connectivity index (χ0) is 13.7. The fourth-order valence-electron chi connectivity index (χ4n) is 2.73. The van der Waals surface area contributed by atoms with Gasteiger partial charge >= 0.3 is 0 Å². The molecule has 0 radical (unpaired) electrons. The van der Waals surface area contributed by atoms with Gasteiger partial charge in [-0.05, 0) is 30.9 Å². The highest BCUT2D eigenvalue weighted by atomic mass is 16.3. The first-order chi connectivity index (χ1) is 9.22. The maximum atomic E-state index is 12.1. The highest BCUT2D eigenvalue weighted by molar-refractivity contribution is 5.82. The Balaban J connectivity index is 1.96. The van der Waals surface area contributed by atoms with Gasteiger partial charge in [-0.15, -0.1) is 0 Å². The summed E-state index contributed by atoms with van der Waals surface area (Å²) in [4.78, 5) is 12.1. The summed E-state index contributed by atoms with van der Waals surface area (Å²) in [6.07, 6.45) is 3.21. The number of hydrogen-bond acceptors (Lipinski definition) is 3. The van der Waals surface area contributed by atoms with Gasteiger partial charge in [0.1, 0.15) is 0 Å². The van der Waals surface area contributed by atoms with Crippen LogP contribution in [0.1, 0.15) is 37.4 Å². The van der Waals surface area contributed by atoms with E-state index in [9.17, 15) is 9.90 Å². The predicted molar refractivity (Wildman–Crippen MR) is 74.3 cm³/mol. The molecule has 1 aliphatic carbocycles. The molecular formula is C15H22N2O2. The zero-order valence-electron chi connectivity index (χ0n) is 11.1. The molecule has 1 fully saturated rings. The molecule has 19 heavy (non-hydrogen) atoms. The van der Waals surface area contributed by atoms with Gasteiger partial charge in [-0.25, -0.2) is 0 Å². The average molecular weight is 262 g/mol. The van der Waals surface area contributed by atoms with Crippen LogP contribution in [0.2, 0.25) is 0 Å². The van der Waals surface area contributed by atoms with Crippen LogP contribution < -0.4 is 11.1 Å². The number of benzene rings is 1. The van der Waals surface area contributed by atoms with Crippen molar-refractivity contribution in [1.29, 1.82) is 0 Å². The van der Waals surface area contributed by atoms with Crippen molar-refractivity contribution in [2.24, 2.45) is 11.7 Å². The van der Waals surface area contributed by atoms with Crippen LogP contribution in [0.3, 0.4) is 0 Å². The van der Waals surface area contributed by atoms with E-state index < -0.39 is 6.10 Å². The van der Waals surface area contributed by atoms with E-state index in [0.717, 1.165) is 19.3 Å². The van der Waals surface area contributed by atoms with Gasteiger partial charge in [0.15, 0.2) is 6.10 Å². The van der Waals surface area contributed by atoms with E-state index >= 15 is 0 Å². The fourth-order valence-corrected chi connectivity index (χ4v) is 2.73. The van der Waals surface area contributed by atoms with Crippen molar-refractivity contribution in [3.8, 4) is 0 Å². The van der Waals surface area contributed by atoms with E-state index in [1.807, 2.05) is 18.2 Å². The molecule has 0 spiro atoms. The molecule has 1 aliphatic rings. The van der Waals surface area contributed by atoms with Crippen LogP contribution in [0.4, 0.5) is 0 Å². The molecule has 1 saturated carbocycles. The van der Waals surface area contributed by atoms with Crippen molar-refractivity contribution in [1.82, 2.24) is 5.32 Å². The Morgan fingerprint density at radius 3 is 2.68 bits per heavy atom. The van der Waals surface area contributed by atoms with E-state index in [-0.39, 0.29) is 11.9 Å². The smallest absolute Gasteiger partial charge is 0.253 e. The van der Waals surface area contributed by atoms with Crippen LogP contribution in [0, 0.1) is 5.92 Å². The minimum Gasteiger partial charge on any atom is -0.378 e. The lowest BCUT2D eigenvalue weighted by molar-refractivity contribution is -0.131. The van der Waals surface area contributed by atoms with Gasteiger partial charge in [-0.1, -0.05) is 43.2 Å². The standard InChI is InChI=1S/C15H22N2O2/c16-10-12-8-4-5-9-13(12)17-15(19)14(18)11-6-2-1-3-7-11/h1-3,6-7,12-14,18H,4-5,8-10,16H2,(H,17,19). The molecule has 3 atom stereocenters. The van der Waals surface area contributed by atoms with Crippen molar-refractivity contribution in [3.63, 3.8) is 0 Å². The number of aliphatic hydroxyl groups is 1. The van der Waals surface area contributed by atoms with Gasteiger partial charge in [0.25, 0.3) is 5.91 Å². The van der Waals surface area contributed by atoms with Crippen molar-refractivity contribution in [3.05, 3.63) is 35.9 Å². The molecule has 2 rings (SSSR count). The number of aliphatic hydroxyl groups excluding tert-OH is 1. The topological polar surface area (TPSA) is 75.3 Å². The Bertz CT molecular complexity index is 408. The van der Waals surface area contributed by atoms with E-state index in [2.05, 4.69) is 5.32 Å². The Hall–Kier alpha value is -1.39. The van der Waals surface area contributed by atoms with Gasteiger partial charge < -0.3 is 16.2 Å². The van der Waals surface area contributed by atoms with E-state index in [1.165, 1.54) is 6.42 Å². The van der Waals surface area contributed by atoms with Gasteiger partial charge in [0, 0.05) is 6.04 Å². The predicted octanol–water partition coefficient (Wildman–Crippen LogP) is 1.35. The Kier molecular flexibility index (Phi) is 4.93. The van der Waals surface area contributed by atoms with Crippen LogP contribution in [-0.4, -0.2) is 23.6 Å². The summed E-state index contributed by atoms with van der Waals surface area (Å²) in [7, 11) is 0. The molecule has 4 heteroatoms. The number of rotatable bonds is 4. The summed E-state index contributed by atoms with van der Waals surface area (Å²) in [5, 5.41) is 13.0. The molecule has 1 aromatic carbocycles. The number of carbonyl (C=O) groups is 1. The molecule has 0 aliphatic heterocycles. The zero-order valence-corrected chi connectivity index (χ0v) is 11.1. The molecular weight excluding hydrogens is 240 g/mol. The number of amides is 1. The van der Waals surface area contributed by atoms with Crippen molar-refractivity contribution >= 4 is 5.91 Å². The normalized spacial score (nSPS) is 24.7. The van der Waals surface area contributed by atoms with Crippen molar-refractivity contribution in [2.45, 2.75) is 37.8 Å². The molecule has 4 nitrogen and oxygen atoms in total. The molecule has 1 amide bonds. The summed E-state index contributed by atoms with van der Waals surface area (Å²) in [6, 6.07) is 9.10. The molecule has 104 valence electrons. The molecule has 0 aromatic heterocycles. The highest BCUT2D eigenvalue weighted by Gasteiger charge is 2.27. The van der Waals surface area contributed by atoms with Gasteiger partial charge in [0.05, 0.1) is 0 Å². The van der Waals surface area contributed by atoms with E-state index in [4.69, 9.17) is 5.73 Å². The van der Waals surface area contributed by atoms with Crippen LogP contribution >= 0.6 is 0 Å². The van der Waals surface area contributed by atoms with Crippen LogP contribution in [-0.2, 0) is 4.79 Å². The third kappa shape index (κ3) is 3.55. The number of nitrogens with two attached hydrogens (primary N) is 1. The lowest BCUT2D eigenvalue weighted by Crippen LogP contribution is -2.46. The molecule has 3 unspecified atom stereocenters. The Labute approximate surface area is 114 Å². The summed E-state index contributed by atoms with van der Waals surface area (Å²) >= 11 is 0. The van der Waals surface area contributed by atoms with Gasteiger partial charge in [-0.3, -0.25) is 4.79 Å². The minimum atomic E-state index is -1.10. The SMILES string of the molecule is NCC1CCCCC1NC(=O)C(O)c1ccccc1. The molecule has 1 aromatic rings. The summed E-state index contributed by atoms with van der Waals surface area (Å²) in [6.45, 7) is 0.590. The monoisotopic (exact) mass is 262 g/mol. The quantitative estimate of drug-likeness (QED) is 0.766. The molecule has 0 heterocycles. The lowest BCUT2D eigenvalue weighted by Gasteiger charge is -2.31. The molecule has 4 N–H and O–H groups in total. The van der Waals surface area contributed by atoms with Gasteiger partial charge in [0.2, 0.25) is 0 Å². The average Bonchev–Trinajstić information content (AvgIpc) is 2.48. The largest absolute Gasteiger partial charge is 0.378 e. The maximum Gasteiger partial charge on any atom is 0.253 e. The second-order valence-electron chi connectivity index (χ2n) is 5.21. The summed E-state index contributed by atoms with van der Waals surface area (Å²) in [5.74, 6) is 0.0113. The Morgan fingerprint density at radius 1 is 1.32 bits per heavy atom. The first-order valence-electron chi connectivity index (χ1n) is 6.96. The molecule has 0 saturated heterocycles. The van der Waals surface area contributed by atoms with Gasteiger partial charge in [-0.2, -0.15) is 0 Å². The minimum absolute atomic E-state index is 0.101. The molecule has 0 bridgehead atoms. The highest BCUT2D eigenvalue weighted by Crippen LogP contribution is 2.24. The van der Waals surface area contributed by atoms with E-state index in [1.54, 1.807) is 12.1 Å². The maximum absolute atomic E-state index is 12.1.